The molecule has 0 saturated heterocycles. The maximum absolute atomic E-state index is 5.81. The van der Waals surface area contributed by atoms with Crippen molar-refractivity contribution in [2.24, 2.45) is 11.7 Å². The highest BCUT2D eigenvalue weighted by molar-refractivity contribution is 5.29. The van der Waals surface area contributed by atoms with Crippen LogP contribution in [0.25, 0.3) is 0 Å². The first-order valence-electron chi connectivity index (χ1n) is 6.36. The highest BCUT2D eigenvalue weighted by Crippen LogP contribution is 2.25. The molecule has 3 N–H and O–H groups in total. The number of nitrogens with one attached hydrogen (secondary N) is 1. The van der Waals surface area contributed by atoms with E-state index in [0.29, 0.717) is 25.1 Å². The number of ether oxygens (including phenoxy) is 1. The van der Waals surface area contributed by atoms with Crippen LogP contribution in [0.4, 0.5) is 0 Å². The lowest BCUT2D eigenvalue weighted by atomic mass is 9.91. The lowest BCUT2D eigenvalue weighted by Crippen LogP contribution is -2.30. The third kappa shape index (κ3) is 3.72. The molecule has 96 valence electrons. The summed E-state index contributed by atoms with van der Waals surface area (Å²) >= 11 is 0. The van der Waals surface area contributed by atoms with Crippen LogP contribution in [0, 0.1) is 5.92 Å². The summed E-state index contributed by atoms with van der Waals surface area (Å²) < 4.78 is 5.44. The molecular formula is C14H24N2O. The van der Waals surface area contributed by atoms with Crippen LogP contribution < -0.4 is 15.8 Å². The molecular weight excluding hydrogens is 212 g/mol. The van der Waals surface area contributed by atoms with Crippen molar-refractivity contribution in [3.63, 3.8) is 0 Å². The number of hydrogen-bond acceptors (Lipinski definition) is 3. The third-order valence-electron chi connectivity index (χ3n) is 3.16. The van der Waals surface area contributed by atoms with Crippen molar-refractivity contribution >= 4 is 0 Å². The van der Waals surface area contributed by atoms with Gasteiger partial charge < -0.3 is 15.8 Å². The Labute approximate surface area is 104 Å². The molecule has 2 atom stereocenters. The molecule has 1 aromatic rings. The monoisotopic (exact) mass is 236 g/mol. The van der Waals surface area contributed by atoms with Gasteiger partial charge in [0.1, 0.15) is 5.75 Å². The quantitative estimate of drug-likeness (QED) is 0.764. The van der Waals surface area contributed by atoms with Crippen LogP contribution in [0.5, 0.6) is 5.75 Å². The summed E-state index contributed by atoms with van der Waals surface area (Å²) in [7, 11) is 1.99. The zero-order valence-corrected chi connectivity index (χ0v) is 11.1. The summed E-state index contributed by atoms with van der Waals surface area (Å²) in [6, 6.07) is 8.59. The first-order chi connectivity index (χ1) is 8.26. The minimum atomic E-state index is 0.320. The summed E-state index contributed by atoms with van der Waals surface area (Å²) in [6.07, 6.45) is 1.08. The normalized spacial score (nSPS) is 14.4. The van der Waals surface area contributed by atoms with E-state index in [-0.39, 0.29) is 0 Å². The largest absolute Gasteiger partial charge is 0.494 e. The third-order valence-corrected chi connectivity index (χ3v) is 3.16. The zero-order chi connectivity index (χ0) is 12.7. The molecule has 3 heteroatoms. The van der Waals surface area contributed by atoms with Gasteiger partial charge in [-0.05, 0) is 44.1 Å². The maximum Gasteiger partial charge on any atom is 0.119 e. The molecule has 0 amide bonds. The average Bonchev–Trinajstić information content (AvgIpc) is 2.37. The summed E-state index contributed by atoms with van der Waals surface area (Å²) in [4.78, 5) is 0. The van der Waals surface area contributed by atoms with Gasteiger partial charge in [-0.2, -0.15) is 0 Å². The van der Waals surface area contributed by atoms with Crippen molar-refractivity contribution in [1.29, 1.82) is 0 Å². The summed E-state index contributed by atoms with van der Waals surface area (Å²) in [5.41, 5.74) is 7.08. The highest BCUT2D eigenvalue weighted by Gasteiger charge is 2.18. The predicted molar refractivity (Wildman–Crippen MR) is 72.2 cm³/mol. The Morgan fingerprint density at radius 2 is 1.88 bits per heavy atom. The fraction of sp³-hybridized carbons (Fsp3) is 0.571. The number of benzene rings is 1. The summed E-state index contributed by atoms with van der Waals surface area (Å²) in [5.74, 6) is 1.39. The van der Waals surface area contributed by atoms with Crippen molar-refractivity contribution < 1.29 is 4.74 Å². The second-order valence-corrected chi connectivity index (χ2v) is 4.17. The standard InChI is InChI=1S/C14H24N2O/c1-4-11(10-15)14(16-3)12-6-8-13(9-7-12)17-5-2/h6-9,11,14,16H,4-5,10,15H2,1-3H3. The van der Waals surface area contributed by atoms with Crippen molar-refractivity contribution in [3.05, 3.63) is 29.8 Å². The summed E-state index contributed by atoms with van der Waals surface area (Å²) in [5, 5.41) is 3.35. The molecule has 0 saturated carbocycles. The van der Waals surface area contributed by atoms with Gasteiger partial charge in [0.25, 0.3) is 0 Å². The molecule has 1 aromatic carbocycles. The predicted octanol–water partition coefficient (Wildman–Crippen LogP) is 2.33. The number of rotatable bonds is 7. The van der Waals surface area contributed by atoms with E-state index in [1.807, 2.05) is 26.1 Å². The molecule has 17 heavy (non-hydrogen) atoms. The lowest BCUT2D eigenvalue weighted by molar-refractivity contribution is 0.339. The van der Waals surface area contributed by atoms with Gasteiger partial charge in [-0.1, -0.05) is 25.5 Å². The topological polar surface area (TPSA) is 47.3 Å². The minimum absolute atomic E-state index is 0.320. The molecule has 0 fully saturated rings. The second-order valence-electron chi connectivity index (χ2n) is 4.17. The van der Waals surface area contributed by atoms with E-state index < -0.39 is 0 Å². The molecule has 0 radical (unpaired) electrons. The molecule has 0 aromatic heterocycles. The van der Waals surface area contributed by atoms with E-state index in [4.69, 9.17) is 10.5 Å². The molecule has 0 spiro atoms. The Morgan fingerprint density at radius 1 is 1.24 bits per heavy atom. The van der Waals surface area contributed by atoms with E-state index in [9.17, 15) is 0 Å². The van der Waals surface area contributed by atoms with Crippen LogP contribution in [0.3, 0.4) is 0 Å². The van der Waals surface area contributed by atoms with Crippen LogP contribution >= 0.6 is 0 Å². The first-order valence-corrected chi connectivity index (χ1v) is 6.36. The van der Waals surface area contributed by atoms with Crippen LogP contribution in [-0.2, 0) is 0 Å². The molecule has 0 heterocycles. The lowest BCUT2D eigenvalue weighted by Gasteiger charge is -2.25. The molecule has 0 aliphatic carbocycles. The molecule has 0 aliphatic rings. The smallest absolute Gasteiger partial charge is 0.119 e. The van der Waals surface area contributed by atoms with Gasteiger partial charge in [-0.15, -0.1) is 0 Å². The fourth-order valence-corrected chi connectivity index (χ4v) is 2.15. The average molecular weight is 236 g/mol. The molecule has 3 nitrogen and oxygen atoms in total. The van der Waals surface area contributed by atoms with Gasteiger partial charge in [0.15, 0.2) is 0 Å². The van der Waals surface area contributed by atoms with Crippen LogP contribution in [-0.4, -0.2) is 20.2 Å². The maximum atomic E-state index is 5.81. The van der Waals surface area contributed by atoms with Gasteiger partial charge in [0.05, 0.1) is 6.61 Å². The second kappa shape index (κ2) is 7.30. The van der Waals surface area contributed by atoms with Gasteiger partial charge in [0, 0.05) is 6.04 Å². The SMILES string of the molecule is CCOc1ccc(C(NC)C(CC)CN)cc1. The van der Waals surface area contributed by atoms with Crippen molar-refractivity contribution in [3.8, 4) is 5.75 Å². The Balaban J connectivity index is 2.81. The van der Waals surface area contributed by atoms with E-state index in [1.54, 1.807) is 0 Å². The van der Waals surface area contributed by atoms with Gasteiger partial charge >= 0.3 is 0 Å². The van der Waals surface area contributed by atoms with Crippen LogP contribution in [0.15, 0.2) is 24.3 Å². The molecule has 2 unspecified atom stereocenters. The van der Waals surface area contributed by atoms with E-state index in [0.717, 1.165) is 12.2 Å². The van der Waals surface area contributed by atoms with Gasteiger partial charge in [-0.3, -0.25) is 0 Å². The van der Waals surface area contributed by atoms with Gasteiger partial charge in [-0.25, -0.2) is 0 Å². The molecule has 1 rings (SSSR count). The van der Waals surface area contributed by atoms with Crippen LogP contribution in [0.1, 0.15) is 31.9 Å². The zero-order valence-electron chi connectivity index (χ0n) is 11.1. The van der Waals surface area contributed by atoms with E-state index in [2.05, 4.69) is 24.4 Å². The fourth-order valence-electron chi connectivity index (χ4n) is 2.15. The molecule has 0 aliphatic heterocycles. The van der Waals surface area contributed by atoms with Crippen molar-refractivity contribution in [1.82, 2.24) is 5.32 Å². The first kappa shape index (κ1) is 14.0. The highest BCUT2D eigenvalue weighted by atomic mass is 16.5. The number of hydrogen-bond donors (Lipinski definition) is 2. The Bertz CT molecular complexity index is 307. The Hall–Kier alpha value is -1.06. The van der Waals surface area contributed by atoms with E-state index >= 15 is 0 Å². The summed E-state index contributed by atoms with van der Waals surface area (Å²) in [6.45, 7) is 5.58. The Morgan fingerprint density at radius 3 is 2.29 bits per heavy atom. The molecule has 0 bridgehead atoms. The van der Waals surface area contributed by atoms with Gasteiger partial charge in [0.2, 0.25) is 0 Å². The van der Waals surface area contributed by atoms with Crippen molar-refractivity contribution in [2.45, 2.75) is 26.3 Å². The van der Waals surface area contributed by atoms with Crippen molar-refractivity contribution in [2.75, 3.05) is 20.2 Å². The minimum Gasteiger partial charge on any atom is -0.494 e. The van der Waals surface area contributed by atoms with Crippen LogP contribution in [0.2, 0.25) is 0 Å². The number of nitrogens with two attached hydrogens (primary N) is 1. The Kier molecular flexibility index (Phi) is 6.01. The van der Waals surface area contributed by atoms with E-state index in [1.165, 1.54) is 5.56 Å².